The fraction of sp³-hybridized carbons (Fsp3) is 0.636. The highest BCUT2D eigenvalue weighted by molar-refractivity contribution is 5.36. The summed E-state index contributed by atoms with van der Waals surface area (Å²) in [7, 11) is 2.16. The smallest absolute Gasteiger partial charge is 0.147 e. The van der Waals surface area contributed by atoms with E-state index in [0.29, 0.717) is 12.6 Å². The lowest BCUT2D eigenvalue weighted by Crippen LogP contribution is -2.50. The average molecular weight is 221 g/mol. The summed E-state index contributed by atoms with van der Waals surface area (Å²) >= 11 is 0. The lowest BCUT2D eigenvalue weighted by Gasteiger charge is -2.38. The normalized spacial score (nSPS) is 22.4. The van der Waals surface area contributed by atoms with E-state index >= 15 is 0 Å². The first-order valence-electron chi connectivity index (χ1n) is 5.67. The zero-order chi connectivity index (χ0) is 11.5. The molecular weight excluding hydrogens is 202 g/mol. The number of nitrogens with two attached hydrogens (primary N) is 1. The Morgan fingerprint density at radius 1 is 1.38 bits per heavy atom. The Balaban J connectivity index is 2.06. The Morgan fingerprint density at radius 2 is 2.19 bits per heavy atom. The van der Waals surface area contributed by atoms with Gasteiger partial charge in [0, 0.05) is 32.2 Å². The predicted octanol–water partition coefficient (Wildman–Crippen LogP) is 0.0756. The first kappa shape index (κ1) is 11.3. The second-order valence-electron chi connectivity index (χ2n) is 4.35. The molecule has 1 aromatic heterocycles. The van der Waals surface area contributed by atoms with E-state index in [1.165, 1.54) is 0 Å². The summed E-state index contributed by atoms with van der Waals surface area (Å²) in [5.74, 6) is 0.956. The highest BCUT2D eigenvalue weighted by Gasteiger charge is 2.21. The Morgan fingerprint density at radius 3 is 2.75 bits per heavy atom. The average Bonchev–Trinajstić information content (AvgIpc) is 2.33. The van der Waals surface area contributed by atoms with Crippen molar-refractivity contribution in [2.45, 2.75) is 19.5 Å². The quantitative estimate of drug-likeness (QED) is 0.766. The number of aromatic nitrogens is 2. The highest BCUT2D eigenvalue weighted by atomic mass is 15.3. The first-order chi connectivity index (χ1) is 7.70. The summed E-state index contributed by atoms with van der Waals surface area (Å²) in [4.78, 5) is 13.3. The molecule has 5 heteroatoms. The van der Waals surface area contributed by atoms with Gasteiger partial charge in [0.15, 0.2) is 0 Å². The molecule has 1 aromatic rings. The van der Waals surface area contributed by atoms with Crippen molar-refractivity contribution in [1.29, 1.82) is 0 Å². The van der Waals surface area contributed by atoms with Crippen molar-refractivity contribution in [2.24, 2.45) is 5.73 Å². The number of hydrogen-bond acceptors (Lipinski definition) is 5. The molecule has 1 aliphatic heterocycles. The third-order valence-corrected chi connectivity index (χ3v) is 3.18. The van der Waals surface area contributed by atoms with Crippen LogP contribution in [0.2, 0.25) is 0 Å². The van der Waals surface area contributed by atoms with E-state index in [4.69, 9.17) is 5.73 Å². The number of rotatable bonds is 2. The fourth-order valence-electron chi connectivity index (χ4n) is 1.87. The van der Waals surface area contributed by atoms with Gasteiger partial charge in [-0.3, -0.25) is 4.98 Å². The maximum absolute atomic E-state index is 5.50. The largest absolute Gasteiger partial charge is 0.353 e. The van der Waals surface area contributed by atoms with Gasteiger partial charge in [0.25, 0.3) is 0 Å². The molecule has 0 bridgehead atoms. The van der Waals surface area contributed by atoms with Gasteiger partial charge in [0.05, 0.1) is 18.1 Å². The molecule has 0 amide bonds. The van der Waals surface area contributed by atoms with Crippen molar-refractivity contribution < 1.29 is 0 Å². The van der Waals surface area contributed by atoms with Crippen LogP contribution in [-0.4, -0.2) is 47.6 Å². The predicted molar refractivity (Wildman–Crippen MR) is 64.2 cm³/mol. The second-order valence-corrected chi connectivity index (χ2v) is 4.35. The van der Waals surface area contributed by atoms with Gasteiger partial charge in [0.2, 0.25) is 0 Å². The van der Waals surface area contributed by atoms with Gasteiger partial charge >= 0.3 is 0 Å². The number of hydrogen-bond donors (Lipinski definition) is 1. The molecule has 0 spiro atoms. The molecule has 2 N–H and O–H groups in total. The molecule has 88 valence electrons. The van der Waals surface area contributed by atoms with E-state index in [-0.39, 0.29) is 0 Å². The number of anilines is 1. The van der Waals surface area contributed by atoms with Crippen LogP contribution in [0.25, 0.3) is 0 Å². The minimum atomic E-state index is 0.451. The molecule has 1 saturated heterocycles. The molecular formula is C11H19N5. The summed E-state index contributed by atoms with van der Waals surface area (Å²) in [6.45, 7) is 5.77. The summed E-state index contributed by atoms with van der Waals surface area (Å²) in [6.07, 6.45) is 3.58. The molecule has 2 rings (SSSR count). The molecule has 1 unspecified atom stereocenters. The van der Waals surface area contributed by atoms with Gasteiger partial charge in [-0.15, -0.1) is 0 Å². The second kappa shape index (κ2) is 4.76. The van der Waals surface area contributed by atoms with Crippen LogP contribution < -0.4 is 10.6 Å². The van der Waals surface area contributed by atoms with Crippen molar-refractivity contribution in [3.63, 3.8) is 0 Å². The molecule has 0 radical (unpaired) electrons. The van der Waals surface area contributed by atoms with E-state index < -0.39 is 0 Å². The maximum Gasteiger partial charge on any atom is 0.147 e. The zero-order valence-corrected chi connectivity index (χ0v) is 9.93. The number of likely N-dealkylation sites (N-methyl/N-ethyl adjacent to an activating group) is 1. The van der Waals surface area contributed by atoms with Gasteiger partial charge in [-0.1, -0.05) is 0 Å². The lowest BCUT2D eigenvalue weighted by molar-refractivity contribution is 0.233. The van der Waals surface area contributed by atoms with Crippen LogP contribution in [0.4, 0.5) is 5.82 Å². The van der Waals surface area contributed by atoms with Crippen LogP contribution in [-0.2, 0) is 6.54 Å². The summed E-state index contributed by atoms with van der Waals surface area (Å²) in [5.41, 5.74) is 6.33. The van der Waals surface area contributed by atoms with Crippen molar-refractivity contribution in [3.8, 4) is 0 Å². The van der Waals surface area contributed by atoms with Crippen LogP contribution in [0, 0.1) is 0 Å². The van der Waals surface area contributed by atoms with Crippen molar-refractivity contribution in [3.05, 3.63) is 18.1 Å². The first-order valence-corrected chi connectivity index (χ1v) is 5.67. The highest BCUT2D eigenvalue weighted by Crippen LogP contribution is 2.14. The van der Waals surface area contributed by atoms with Gasteiger partial charge in [0.1, 0.15) is 5.82 Å². The third-order valence-electron chi connectivity index (χ3n) is 3.18. The Labute approximate surface area is 96.3 Å². The SMILES string of the molecule is CC1CN(c2cnc(CN)cn2)CCN1C. The van der Waals surface area contributed by atoms with E-state index in [1.54, 1.807) is 6.20 Å². The number of piperazine rings is 1. The fourth-order valence-corrected chi connectivity index (χ4v) is 1.87. The Hall–Kier alpha value is -1.20. The minimum absolute atomic E-state index is 0.451. The molecule has 1 aliphatic rings. The van der Waals surface area contributed by atoms with Crippen LogP contribution >= 0.6 is 0 Å². The lowest BCUT2D eigenvalue weighted by atomic mass is 10.2. The monoisotopic (exact) mass is 221 g/mol. The van der Waals surface area contributed by atoms with Gasteiger partial charge in [-0.05, 0) is 14.0 Å². The topological polar surface area (TPSA) is 58.3 Å². The molecule has 16 heavy (non-hydrogen) atoms. The molecule has 2 heterocycles. The summed E-state index contributed by atoms with van der Waals surface area (Å²) < 4.78 is 0. The number of nitrogens with zero attached hydrogens (tertiary/aromatic N) is 4. The minimum Gasteiger partial charge on any atom is -0.353 e. The maximum atomic E-state index is 5.50. The van der Waals surface area contributed by atoms with Crippen LogP contribution in [0.5, 0.6) is 0 Å². The van der Waals surface area contributed by atoms with Crippen LogP contribution in [0.1, 0.15) is 12.6 Å². The Bertz CT molecular complexity index is 337. The summed E-state index contributed by atoms with van der Waals surface area (Å²) in [6, 6.07) is 0.560. The van der Waals surface area contributed by atoms with Gasteiger partial charge < -0.3 is 15.5 Å². The molecule has 0 aliphatic carbocycles. The molecule has 1 atom stereocenters. The third kappa shape index (κ3) is 2.31. The van der Waals surface area contributed by atoms with E-state index in [9.17, 15) is 0 Å². The molecule has 0 saturated carbocycles. The zero-order valence-electron chi connectivity index (χ0n) is 9.93. The van der Waals surface area contributed by atoms with Gasteiger partial charge in [-0.2, -0.15) is 0 Å². The summed E-state index contributed by atoms with van der Waals surface area (Å²) in [5, 5.41) is 0. The molecule has 0 aromatic carbocycles. The molecule has 5 nitrogen and oxygen atoms in total. The van der Waals surface area contributed by atoms with Crippen molar-refractivity contribution in [2.75, 3.05) is 31.6 Å². The van der Waals surface area contributed by atoms with Crippen LogP contribution in [0.3, 0.4) is 0 Å². The molecule has 1 fully saturated rings. The van der Waals surface area contributed by atoms with E-state index in [2.05, 4.69) is 33.7 Å². The standard InChI is InChI=1S/C11H19N5/c1-9-8-16(4-3-15(9)2)11-7-13-10(5-12)6-14-11/h6-7,9H,3-5,8,12H2,1-2H3. The van der Waals surface area contributed by atoms with Crippen molar-refractivity contribution in [1.82, 2.24) is 14.9 Å². The van der Waals surface area contributed by atoms with Crippen molar-refractivity contribution >= 4 is 5.82 Å². The van der Waals surface area contributed by atoms with E-state index in [0.717, 1.165) is 31.1 Å². The van der Waals surface area contributed by atoms with E-state index in [1.807, 2.05) is 6.20 Å². The Kier molecular flexibility index (Phi) is 3.36. The van der Waals surface area contributed by atoms with Crippen LogP contribution in [0.15, 0.2) is 12.4 Å². The van der Waals surface area contributed by atoms with Gasteiger partial charge in [-0.25, -0.2) is 4.98 Å².